The van der Waals surface area contributed by atoms with E-state index in [2.05, 4.69) is 22.0 Å². The molecule has 0 unspecified atom stereocenters. The summed E-state index contributed by atoms with van der Waals surface area (Å²) in [7, 11) is 0. The molecule has 2 nitrogen and oxygen atoms in total. The molecule has 4 heteroatoms. The van der Waals surface area contributed by atoms with Gasteiger partial charge in [-0.2, -0.15) is 0 Å². The average Bonchev–Trinajstić information content (AvgIpc) is 2.68. The van der Waals surface area contributed by atoms with Gasteiger partial charge in [0.25, 0.3) is 0 Å². The molecular formula is C21H20BrClO2. The average molecular weight is 420 g/mol. The summed E-state index contributed by atoms with van der Waals surface area (Å²) in [6.07, 6.45) is 1.93. The molecule has 1 aliphatic heterocycles. The van der Waals surface area contributed by atoms with Crippen molar-refractivity contribution in [3.05, 3.63) is 63.1 Å². The number of ketones is 1. The van der Waals surface area contributed by atoms with E-state index in [-0.39, 0.29) is 5.78 Å². The summed E-state index contributed by atoms with van der Waals surface area (Å²) < 4.78 is 6.89. The lowest BCUT2D eigenvalue weighted by Crippen LogP contribution is -2.29. The topological polar surface area (TPSA) is 26.3 Å². The normalized spacial score (nSPS) is 20.2. The van der Waals surface area contributed by atoms with Crippen LogP contribution >= 0.6 is 27.5 Å². The summed E-state index contributed by atoms with van der Waals surface area (Å²) in [4.78, 5) is 12.7. The third-order valence-electron chi connectivity index (χ3n) is 4.42. The lowest BCUT2D eigenvalue weighted by atomic mass is 9.90. The minimum Gasteiger partial charge on any atom is -0.357 e. The zero-order valence-electron chi connectivity index (χ0n) is 14.7. The predicted molar refractivity (Wildman–Crippen MR) is 107 cm³/mol. The number of hydrogen-bond acceptors (Lipinski definition) is 2. The molecule has 0 amide bonds. The first-order valence-corrected chi connectivity index (χ1v) is 9.30. The maximum atomic E-state index is 12.7. The zero-order chi connectivity index (χ0) is 18.4. The molecule has 3 rings (SSSR count). The van der Waals surface area contributed by atoms with Crippen LogP contribution in [0.25, 0.3) is 17.2 Å². The van der Waals surface area contributed by atoms with Crippen LogP contribution in [0.5, 0.6) is 0 Å². The van der Waals surface area contributed by atoms with Gasteiger partial charge in [-0.3, -0.25) is 4.79 Å². The molecule has 2 aromatic carbocycles. The van der Waals surface area contributed by atoms with Crippen LogP contribution in [-0.2, 0) is 9.53 Å². The molecule has 0 saturated carbocycles. The van der Waals surface area contributed by atoms with Gasteiger partial charge in [-0.05, 0) is 74.7 Å². The Kier molecular flexibility index (Phi) is 4.69. The van der Waals surface area contributed by atoms with E-state index in [1.165, 1.54) is 0 Å². The molecule has 0 aromatic heterocycles. The number of carbonyl (C=O) groups is 1. The Balaban J connectivity index is 2.07. The van der Waals surface area contributed by atoms with Crippen LogP contribution in [0.3, 0.4) is 0 Å². The van der Waals surface area contributed by atoms with E-state index >= 15 is 0 Å². The second-order valence-corrected chi connectivity index (χ2v) is 8.54. The van der Waals surface area contributed by atoms with Crippen LogP contribution in [0.1, 0.15) is 33.3 Å². The quantitative estimate of drug-likeness (QED) is 0.533. The summed E-state index contributed by atoms with van der Waals surface area (Å²) in [5.74, 6) is 0.0290. The molecule has 1 aliphatic rings. The van der Waals surface area contributed by atoms with Gasteiger partial charge in [0.15, 0.2) is 5.78 Å². The van der Waals surface area contributed by atoms with Crippen molar-refractivity contribution in [2.45, 2.75) is 38.9 Å². The first kappa shape index (κ1) is 18.4. The molecule has 0 bridgehead atoms. The Morgan fingerprint density at radius 3 is 2.12 bits per heavy atom. The standard InChI is InChI=1S/C21H20BrClO2/c1-20(2)17(19(24)21(3,4)25-20)12-15-11-14(7-10-18(15)22)13-5-8-16(23)9-6-13/h5-12H,1-4H3/b17-12+. The molecule has 1 fully saturated rings. The summed E-state index contributed by atoms with van der Waals surface area (Å²) >= 11 is 9.56. The lowest BCUT2D eigenvalue weighted by Gasteiger charge is -2.22. The zero-order valence-corrected chi connectivity index (χ0v) is 17.0. The highest BCUT2D eigenvalue weighted by atomic mass is 79.9. The Hall–Kier alpha value is -1.42. The second kappa shape index (κ2) is 6.39. The molecule has 2 aromatic rings. The Morgan fingerprint density at radius 2 is 1.56 bits per heavy atom. The molecular weight excluding hydrogens is 400 g/mol. The maximum absolute atomic E-state index is 12.7. The van der Waals surface area contributed by atoms with Crippen LogP contribution in [0.2, 0.25) is 5.02 Å². The summed E-state index contributed by atoms with van der Waals surface area (Å²) in [5, 5.41) is 0.709. The first-order chi connectivity index (χ1) is 11.6. The third-order valence-corrected chi connectivity index (χ3v) is 5.40. The van der Waals surface area contributed by atoms with Crippen molar-refractivity contribution in [1.29, 1.82) is 0 Å². The van der Waals surface area contributed by atoms with E-state index in [4.69, 9.17) is 16.3 Å². The molecule has 0 radical (unpaired) electrons. The molecule has 130 valence electrons. The van der Waals surface area contributed by atoms with Gasteiger partial charge in [-0.1, -0.05) is 45.7 Å². The van der Waals surface area contributed by atoms with Crippen molar-refractivity contribution in [3.8, 4) is 11.1 Å². The first-order valence-electron chi connectivity index (χ1n) is 8.13. The molecule has 0 spiro atoms. The van der Waals surface area contributed by atoms with E-state index in [1.54, 1.807) is 0 Å². The van der Waals surface area contributed by atoms with E-state index in [9.17, 15) is 4.79 Å². The SMILES string of the molecule is CC1(C)OC(C)(C)/C(=C/c2cc(-c3ccc(Cl)cc3)ccc2Br)C1=O. The lowest BCUT2D eigenvalue weighted by molar-refractivity contribution is -0.132. The number of ether oxygens (including phenoxy) is 1. The monoisotopic (exact) mass is 418 g/mol. The van der Waals surface area contributed by atoms with E-state index < -0.39 is 11.2 Å². The van der Waals surface area contributed by atoms with Gasteiger partial charge in [-0.15, -0.1) is 0 Å². The van der Waals surface area contributed by atoms with Gasteiger partial charge in [-0.25, -0.2) is 0 Å². The van der Waals surface area contributed by atoms with Crippen molar-refractivity contribution >= 4 is 39.4 Å². The van der Waals surface area contributed by atoms with Gasteiger partial charge < -0.3 is 4.74 Å². The Morgan fingerprint density at radius 1 is 0.960 bits per heavy atom. The van der Waals surface area contributed by atoms with Crippen molar-refractivity contribution in [3.63, 3.8) is 0 Å². The summed E-state index contributed by atoms with van der Waals surface area (Å²) in [5.41, 5.74) is 2.36. The van der Waals surface area contributed by atoms with Crippen LogP contribution in [0.15, 0.2) is 52.5 Å². The molecule has 25 heavy (non-hydrogen) atoms. The number of carbonyl (C=O) groups excluding carboxylic acids is 1. The third kappa shape index (κ3) is 3.59. The highest BCUT2D eigenvalue weighted by molar-refractivity contribution is 9.10. The molecule has 1 heterocycles. The van der Waals surface area contributed by atoms with Gasteiger partial charge in [0.2, 0.25) is 0 Å². The van der Waals surface area contributed by atoms with E-state index in [0.29, 0.717) is 10.6 Å². The molecule has 0 aliphatic carbocycles. The number of rotatable bonds is 2. The highest BCUT2D eigenvalue weighted by Gasteiger charge is 2.49. The van der Waals surface area contributed by atoms with Crippen molar-refractivity contribution in [1.82, 2.24) is 0 Å². The van der Waals surface area contributed by atoms with Gasteiger partial charge in [0, 0.05) is 15.1 Å². The minimum atomic E-state index is -0.796. The largest absolute Gasteiger partial charge is 0.357 e. The smallest absolute Gasteiger partial charge is 0.192 e. The fraction of sp³-hybridized carbons (Fsp3) is 0.286. The minimum absolute atomic E-state index is 0.0290. The van der Waals surface area contributed by atoms with Gasteiger partial charge in [0.05, 0.1) is 5.60 Å². The number of hydrogen-bond donors (Lipinski definition) is 0. The molecule has 1 saturated heterocycles. The summed E-state index contributed by atoms with van der Waals surface area (Å²) in [6, 6.07) is 13.8. The Bertz CT molecular complexity index is 864. The molecule has 0 N–H and O–H groups in total. The fourth-order valence-corrected chi connectivity index (χ4v) is 3.70. The number of benzene rings is 2. The molecule has 0 atom stereocenters. The van der Waals surface area contributed by atoms with Gasteiger partial charge >= 0.3 is 0 Å². The summed E-state index contributed by atoms with van der Waals surface area (Å²) in [6.45, 7) is 7.50. The van der Waals surface area contributed by atoms with Crippen molar-refractivity contribution in [2.75, 3.05) is 0 Å². The maximum Gasteiger partial charge on any atom is 0.192 e. The highest BCUT2D eigenvalue weighted by Crippen LogP contribution is 2.40. The number of Topliss-reactive ketones (excluding diaryl/α,β-unsaturated/α-hetero) is 1. The Labute approximate surface area is 162 Å². The van der Waals surface area contributed by atoms with Crippen LogP contribution in [0, 0.1) is 0 Å². The van der Waals surface area contributed by atoms with Crippen LogP contribution < -0.4 is 0 Å². The van der Waals surface area contributed by atoms with Crippen molar-refractivity contribution < 1.29 is 9.53 Å². The van der Waals surface area contributed by atoms with Gasteiger partial charge in [0.1, 0.15) is 5.60 Å². The fourth-order valence-electron chi connectivity index (χ4n) is 3.21. The predicted octanol–water partition coefficient (Wildman–Crippen LogP) is 6.31. The van der Waals surface area contributed by atoms with Crippen LogP contribution in [0.4, 0.5) is 0 Å². The second-order valence-electron chi connectivity index (χ2n) is 7.25. The van der Waals surface area contributed by atoms with E-state index in [1.807, 2.05) is 70.2 Å². The number of halogens is 2. The van der Waals surface area contributed by atoms with Crippen molar-refractivity contribution in [2.24, 2.45) is 0 Å². The van der Waals surface area contributed by atoms with Crippen LogP contribution in [-0.4, -0.2) is 17.0 Å². The van der Waals surface area contributed by atoms with E-state index in [0.717, 1.165) is 21.2 Å².